The predicted octanol–water partition coefficient (Wildman–Crippen LogP) is 0.147. The van der Waals surface area contributed by atoms with Gasteiger partial charge in [-0.05, 0) is 18.8 Å². The van der Waals surface area contributed by atoms with Crippen LogP contribution in [-0.2, 0) is 9.59 Å². The first-order chi connectivity index (χ1) is 8.93. The molecule has 0 spiro atoms. The van der Waals surface area contributed by atoms with E-state index in [1.807, 2.05) is 0 Å². The number of primary amides is 1. The van der Waals surface area contributed by atoms with Gasteiger partial charge in [-0.3, -0.25) is 4.79 Å². The summed E-state index contributed by atoms with van der Waals surface area (Å²) in [6.45, 7) is 3.32. The van der Waals surface area contributed by atoms with Gasteiger partial charge in [0.2, 0.25) is 5.91 Å². The minimum Gasteiger partial charge on any atom is -0.480 e. The number of carbonyl (C=O) groups excluding carboxylic acids is 2. The number of hydrogen-bond donors (Lipinski definition) is 3. The monoisotopic (exact) mass is 271 g/mol. The van der Waals surface area contributed by atoms with Crippen LogP contribution < -0.4 is 11.1 Å². The number of carboxylic acids is 1. The first-order valence-electron chi connectivity index (χ1n) is 6.50. The van der Waals surface area contributed by atoms with E-state index < -0.39 is 30.4 Å². The molecule has 0 aromatic rings. The highest BCUT2D eigenvalue weighted by molar-refractivity contribution is 5.87. The number of piperidine rings is 1. The number of aliphatic carboxylic acids is 1. The highest BCUT2D eigenvalue weighted by Gasteiger charge is 2.27. The maximum absolute atomic E-state index is 12.0. The van der Waals surface area contributed by atoms with Gasteiger partial charge in [0.1, 0.15) is 6.04 Å². The molecule has 7 heteroatoms. The molecule has 0 aliphatic carbocycles. The summed E-state index contributed by atoms with van der Waals surface area (Å²) in [4.78, 5) is 35.3. The summed E-state index contributed by atoms with van der Waals surface area (Å²) in [6.07, 6.45) is 2.60. The number of nitrogens with one attached hydrogen (secondary N) is 1. The molecule has 3 amide bonds. The van der Waals surface area contributed by atoms with Gasteiger partial charge < -0.3 is 21.1 Å². The van der Waals surface area contributed by atoms with Gasteiger partial charge in [0.25, 0.3) is 0 Å². The Morgan fingerprint density at radius 1 is 1.47 bits per heavy atom. The molecule has 0 bridgehead atoms. The van der Waals surface area contributed by atoms with E-state index in [1.165, 1.54) is 0 Å². The summed E-state index contributed by atoms with van der Waals surface area (Å²) in [5, 5.41) is 11.3. The summed E-state index contributed by atoms with van der Waals surface area (Å²) in [7, 11) is 0. The van der Waals surface area contributed by atoms with Gasteiger partial charge in [0.05, 0.1) is 6.42 Å². The lowest BCUT2D eigenvalue weighted by Crippen LogP contribution is -2.51. The van der Waals surface area contributed by atoms with E-state index in [9.17, 15) is 14.4 Å². The molecule has 108 valence electrons. The average molecular weight is 271 g/mol. The average Bonchev–Trinajstić information content (AvgIpc) is 2.37. The third-order valence-electron chi connectivity index (χ3n) is 3.38. The topological polar surface area (TPSA) is 113 Å². The van der Waals surface area contributed by atoms with Gasteiger partial charge in [-0.2, -0.15) is 0 Å². The van der Waals surface area contributed by atoms with Crippen molar-refractivity contribution in [3.8, 4) is 0 Å². The van der Waals surface area contributed by atoms with Crippen molar-refractivity contribution >= 4 is 17.9 Å². The second-order valence-corrected chi connectivity index (χ2v) is 4.87. The van der Waals surface area contributed by atoms with Crippen molar-refractivity contribution in [3.05, 3.63) is 0 Å². The van der Waals surface area contributed by atoms with Crippen LogP contribution >= 0.6 is 0 Å². The normalized spacial score (nSPS) is 20.7. The van der Waals surface area contributed by atoms with Crippen molar-refractivity contribution in [1.29, 1.82) is 0 Å². The van der Waals surface area contributed by atoms with Gasteiger partial charge in [-0.15, -0.1) is 0 Å². The fraction of sp³-hybridized carbons (Fsp3) is 0.750. The number of carboxylic acid groups (broad SMARTS) is 1. The van der Waals surface area contributed by atoms with Gasteiger partial charge in [0, 0.05) is 13.1 Å². The van der Waals surface area contributed by atoms with E-state index in [-0.39, 0.29) is 0 Å². The van der Waals surface area contributed by atoms with E-state index in [4.69, 9.17) is 10.8 Å². The van der Waals surface area contributed by atoms with Gasteiger partial charge in [-0.25, -0.2) is 9.59 Å². The summed E-state index contributed by atoms with van der Waals surface area (Å²) in [6, 6.07) is -1.70. The number of amides is 3. The molecule has 1 heterocycles. The van der Waals surface area contributed by atoms with Crippen molar-refractivity contribution in [1.82, 2.24) is 10.2 Å². The lowest BCUT2D eigenvalue weighted by atomic mass is 9.96. The minimum absolute atomic E-state index is 0.397. The Kier molecular flexibility index (Phi) is 5.59. The zero-order valence-corrected chi connectivity index (χ0v) is 11.1. The quantitative estimate of drug-likeness (QED) is 0.660. The number of hydrogen-bond acceptors (Lipinski definition) is 3. The number of likely N-dealkylation sites (tertiary alicyclic amines) is 1. The largest absolute Gasteiger partial charge is 0.480 e. The lowest BCUT2D eigenvalue weighted by molar-refractivity contribution is -0.141. The molecule has 1 saturated heterocycles. The standard InChI is InChI=1S/C12H21N3O4/c1-2-8-4-3-5-15(7-8)12(19)14-9(11(17)18)6-10(13)16/h8-9H,2-7H2,1H3,(H2,13,16)(H,14,19)(H,17,18). The molecule has 1 rings (SSSR count). The van der Waals surface area contributed by atoms with Crippen LogP contribution in [0.3, 0.4) is 0 Å². The molecule has 2 unspecified atom stereocenters. The van der Waals surface area contributed by atoms with Crippen LogP contribution in [0, 0.1) is 5.92 Å². The Bertz CT molecular complexity index is 359. The molecule has 0 radical (unpaired) electrons. The van der Waals surface area contributed by atoms with Crippen LogP contribution in [0.4, 0.5) is 4.79 Å². The van der Waals surface area contributed by atoms with E-state index in [0.29, 0.717) is 19.0 Å². The second kappa shape index (κ2) is 6.96. The highest BCUT2D eigenvalue weighted by atomic mass is 16.4. The molecule has 19 heavy (non-hydrogen) atoms. The van der Waals surface area contributed by atoms with Crippen LogP contribution in [0.25, 0.3) is 0 Å². The minimum atomic E-state index is -1.26. The highest BCUT2D eigenvalue weighted by Crippen LogP contribution is 2.19. The van der Waals surface area contributed by atoms with Gasteiger partial charge in [0.15, 0.2) is 0 Å². The van der Waals surface area contributed by atoms with E-state index in [0.717, 1.165) is 19.3 Å². The van der Waals surface area contributed by atoms with E-state index in [2.05, 4.69) is 12.2 Å². The van der Waals surface area contributed by atoms with Crippen molar-refractivity contribution < 1.29 is 19.5 Å². The van der Waals surface area contributed by atoms with Crippen LogP contribution in [-0.4, -0.2) is 47.0 Å². The summed E-state index contributed by atoms with van der Waals surface area (Å²) in [5.41, 5.74) is 4.96. The van der Waals surface area contributed by atoms with Crippen molar-refractivity contribution in [2.45, 2.75) is 38.6 Å². The summed E-state index contributed by atoms with van der Waals surface area (Å²) in [5.74, 6) is -1.55. The van der Waals surface area contributed by atoms with E-state index >= 15 is 0 Å². The summed E-state index contributed by atoms with van der Waals surface area (Å²) < 4.78 is 0. The molecule has 1 fully saturated rings. The van der Waals surface area contributed by atoms with Crippen LogP contribution in [0.1, 0.15) is 32.6 Å². The van der Waals surface area contributed by atoms with Crippen molar-refractivity contribution in [2.75, 3.05) is 13.1 Å². The molecule has 2 atom stereocenters. The molecule has 0 aromatic carbocycles. The Morgan fingerprint density at radius 3 is 2.68 bits per heavy atom. The van der Waals surface area contributed by atoms with Crippen LogP contribution in [0.15, 0.2) is 0 Å². The number of rotatable bonds is 5. The molecule has 4 N–H and O–H groups in total. The Balaban J connectivity index is 2.56. The first kappa shape index (κ1) is 15.3. The molecule has 0 aromatic heterocycles. The fourth-order valence-electron chi connectivity index (χ4n) is 2.22. The number of nitrogens with two attached hydrogens (primary N) is 1. The Hall–Kier alpha value is -1.79. The molecular formula is C12H21N3O4. The third-order valence-corrected chi connectivity index (χ3v) is 3.38. The Labute approximate surface area is 112 Å². The van der Waals surface area contributed by atoms with Crippen molar-refractivity contribution in [2.24, 2.45) is 11.7 Å². The second-order valence-electron chi connectivity index (χ2n) is 4.87. The smallest absolute Gasteiger partial charge is 0.326 e. The predicted molar refractivity (Wildman–Crippen MR) is 68.4 cm³/mol. The molecule has 1 aliphatic rings. The molecule has 1 aliphatic heterocycles. The first-order valence-corrected chi connectivity index (χ1v) is 6.50. The van der Waals surface area contributed by atoms with Crippen LogP contribution in [0.5, 0.6) is 0 Å². The van der Waals surface area contributed by atoms with Gasteiger partial charge >= 0.3 is 12.0 Å². The van der Waals surface area contributed by atoms with E-state index in [1.54, 1.807) is 4.90 Å². The molecule has 0 saturated carbocycles. The zero-order chi connectivity index (χ0) is 14.4. The number of nitrogens with zero attached hydrogens (tertiary/aromatic N) is 1. The summed E-state index contributed by atoms with van der Waals surface area (Å²) >= 11 is 0. The molecular weight excluding hydrogens is 250 g/mol. The number of urea groups is 1. The Morgan fingerprint density at radius 2 is 2.16 bits per heavy atom. The fourth-order valence-corrected chi connectivity index (χ4v) is 2.22. The van der Waals surface area contributed by atoms with Crippen LogP contribution in [0.2, 0.25) is 0 Å². The zero-order valence-electron chi connectivity index (χ0n) is 11.1. The maximum atomic E-state index is 12.0. The van der Waals surface area contributed by atoms with Crippen molar-refractivity contribution in [3.63, 3.8) is 0 Å². The maximum Gasteiger partial charge on any atom is 0.326 e. The molecule has 7 nitrogen and oxygen atoms in total. The SMILES string of the molecule is CCC1CCCN(C(=O)NC(CC(N)=O)C(=O)O)C1. The third kappa shape index (κ3) is 4.76. The van der Waals surface area contributed by atoms with Gasteiger partial charge in [-0.1, -0.05) is 13.3 Å². The lowest BCUT2D eigenvalue weighted by Gasteiger charge is -2.33. The number of carbonyl (C=O) groups is 3.